The van der Waals surface area contributed by atoms with Gasteiger partial charge in [0.05, 0.1) is 18.0 Å². The first kappa shape index (κ1) is 21.0. The van der Waals surface area contributed by atoms with Crippen LogP contribution < -0.4 is 5.73 Å². The Morgan fingerprint density at radius 2 is 1.97 bits per heavy atom. The van der Waals surface area contributed by atoms with Gasteiger partial charge in [-0.15, -0.1) is 0 Å². The molecule has 0 bridgehead atoms. The van der Waals surface area contributed by atoms with Gasteiger partial charge in [-0.3, -0.25) is 0 Å². The summed E-state index contributed by atoms with van der Waals surface area (Å²) in [5, 5.41) is 10.7. The fraction of sp³-hybridized carbons (Fsp3) is 0.238. The Kier molecular flexibility index (Phi) is 5.79. The third kappa shape index (κ3) is 3.91. The molecular formula is C21H25FN3O3S+. The third-order valence-electron chi connectivity index (χ3n) is 4.88. The number of phenolic OH excluding ortho intramolecular Hbond substituents is 1. The van der Waals surface area contributed by atoms with Crippen molar-refractivity contribution in [2.24, 2.45) is 0 Å². The van der Waals surface area contributed by atoms with Crippen LogP contribution in [0.15, 0.2) is 59.3 Å². The largest absolute Gasteiger partial charge is 0.508 e. The maximum absolute atomic E-state index is 14.3. The molecule has 0 saturated heterocycles. The Morgan fingerprint density at radius 3 is 2.62 bits per heavy atom. The van der Waals surface area contributed by atoms with Crippen molar-refractivity contribution < 1.29 is 23.6 Å². The molecule has 0 fully saturated rings. The number of aromatic hydroxyl groups is 1. The average molecular weight is 419 g/mol. The van der Waals surface area contributed by atoms with Gasteiger partial charge >= 0.3 is 0 Å². The maximum atomic E-state index is 14.3. The van der Waals surface area contributed by atoms with E-state index in [-0.39, 0.29) is 23.0 Å². The van der Waals surface area contributed by atoms with Crippen molar-refractivity contribution in [1.29, 1.82) is 0 Å². The van der Waals surface area contributed by atoms with Gasteiger partial charge in [-0.05, 0) is 42.8 Å². The van der Waals surface area contributed by atoms with E-state index in [1.54, 1.807) is 36.4 Å². The normalized spacial score (nSPS) is 12.8. The Bertz CT molecular complexity index is 1200. The fourth-order valence-corrected chi connectivity index (χ4v) is 4.38. The second-order valence-corrected chi connectivity index (χ2v) is 9.15. The van der Waals surface area contributed by atoms with E-state index < -0.39 is 10.0 Å². The van der Waals surface area contributed by atoms with E-state index in [0.29, 0.717) is 12.1 Å². The highest BCUT2D eigenvalue weighted by Gasteiger charge is 2.21. The molecule has 3 aromatic rings. The zero-order chi connectivity index (χ0) is 21.3. The van der Waals surface area contributed by atoms with Gasteiger partial charge in [-0.2, -0.15) is 0 Å². The van der Waals surface area contributed by atoms with E-state index in [9.17, 15) is 17.9 Å². The van der Waals surface area contributed by atoms with Gasteiger partial charge in [0, 0.05) is 42.3 Å². The van der Waals surface area contributed by atoms with E-state index in [1.165, 1.54) is 20.2 Å². The van der Waals surface area contributed by atoms with Gasteiger partial charge in [0.25, 0.3) is 0 Å². The van der Waals surface area contributed by atoms with Gasteiger partial charge < -0.3 is 15.4 Å². The number of sulfonamides is 1. The Morgan fingerprint density at radius 1 is 1.24 bits per heavy atom. The number of nitrogens with zero attached hydrogens (tertiary/aromatic N) is 2. The van der Waals surface area contributed by atoms with E-state index in [1.807, 2.05) is 17.6 Å². The molecule has 0 aliphatic carbocycles. The first-order chi connectivity index (χ1) is 13.7. The van der Waals surface area contributed by atoms with Crippen LogP contribution in [-0.2, 0) is 16.6 Å². The number of hydrogen-bond donors (Lipinski definition) is 2. The highest BCUT2D eigenvalue weighted by atomic mass is 32.2. The number of rotatable bonds is 6. The molecule has 0 atom stereocenters. The predicted molar refractivity (Wildman–Crippen MR) is 112 cm³/mol. The molecule has 0 spiro atoms. The van der Waals surface area contributed by atoms with Crippen LogP contribution >= 0.6 is 0 Å². The molecule has 8 heteroatoms. The highest BCUT2D eigenvalue weighted by Crippen LogP contribution is 2.37. The Labute approximate surface area is 169 Å². The molecule has 0 amide bonds. The average Bonchev–Trinajstić information content (AvgIpc) is 2.92. The van der Waals surface area contributed by atoms with E-state index >= 15 is 0 Å². The number of halogens is 1. The van der Waals surface area contributed by atoms with Crippen LogP contribution in [0.5, 0.6) is 5.75 Å². The van der Waals surface area contributed by atoms with Crippen molar-refractivity contribution >= 4 is 20.9 Å². The smallest absolute Gasteiger partial charge is 0.242 e. The lowest BCUT2D eigenvalue weighted by Crippen LogP contribution is -2.49. The molecular weight excluding hydrogens is 393 g/mol. The SMILES string of the molecule is Cc1c(-c2cccc(S(=O)(=O)N(C)C)c2)c2cc(O)ccc2n1CC(F)=CC[NH3+]. The van der Waals surface area contributed by atoms with Crippen LogP contribution in [0.25, 0.3) is 22.0 Å². The third-order valence-corrected chi connectivity index (χ3v) is 6.69. The summed E-state index contributed by atoms with van der Waals surface area (Å²) in [6.45, 7) is 2.25. The molecule has 1 heterocycles. The number of allylic oxidation sites excluding steroid dienone is 1. The molecule has 154 valence electrons. The molecule has 0 unspecified atom stereocenters. The van der Waals surface area contributed by atoms with Crippen LogP contribution in [0, 0.1) is 6.92 Å². The maximum Gasteiger partial charge on any atom is 0.242 e. The lowest BCUT2D eigenvalue weighted by Gasteiger charge is -2.13. The lowest BCUT2D eigenvalue weighted by molar-refractivity contribution is -0.353. The first-order valence-electron chi connectivity index (χ1n) is 9.15. The second kappa shape index (κ2) is 7.98. The summed E-state index contributed by atoms with van der Waals surface area (Å²) >= 11 is 0. The molecule has 0 saturated carbocycles. The Hall–Kier alpha value is -2.68. The standard InChI is InChI=1S/C21H24FN3O3S/c1-14-21(15-5-4-6-18(11-15)29(27,28)24(2)3)19-12-17(26)7-8-20(19)25(14)13-16(22)9-10-23/h4-9,11-12,26H,10,13,23H2,1-3H3/p+1. The van der Waals surface area contributed by atoms with Gasteiger partial charge in [0.2, 0.25) is 10.0 Å². The molecule has 6 nitrogen and oxygen atoms in total. The van der Waals surface area contributed by atoms with Gasteiger partial charge in [-0.25, -0.2) is 17.1 Å². The monoisotopic (exact) mass is 418 g/mol. The molecule has 0 aliphatic rings. The quantitative estimate of drug-likeness (QED) is 0.645. The summed E-state index contributed by atoms with van der Waals surface area (Å²) in [4.78, 5) is 0.170. The molecule has 1 aromatic heterocycles. The number of benzene rings is 2. The summed E-state index contributed by atoms with van der Waals surface area (Å²) in [6.07, 6.45) is 1.43. The summed E-state index contributed by atoms with van der Waals surface area (Å²) in [6, 6.07) is 11.5. The van der Waals surface area contributed by atoms with Crippen LogP contribution in [-0.4, -0.2) is 43.0 Å². The van der Waals surface area contributed by atoms with Crippen molar-refractivity contribution in [2.75, 3.05) is 20.6 Å². The van der Waals surface area contributed by atoms with Gasteiger partial charge in [0.1, 0.15) is 11.6 Å². The number of hydrogen-bond acceptors (Lipinski definition) is 3. The number of fused-ring (bicyclic) bond motifs is 1. The van der Waals surface area contributed by atoms with Crippen LogP contribution in [0.1, 0.15) is 5.69 Å². The topological polar surface area (TPSA) is 90.2 Å². The number of quaternary nitrogens is 1. The summed E-state index contributed by atoms with van der Waals surface area (Å²) < 4.78 is 42.4. The summed E-state index contributed by atoms with van der Waals surface area (Å²) in [5.41, 5.74) is 6.61. The molecule has 0 aliphatic heterocycles. The minimum absolute atomic E-state index is 0.0400. The van der Waals surface area contributed by atoms with E-state index in [4.69, 9.17) is 0 Å². The predicted octanol–water partition coefficient (Wildman–Crippen LogP) is 2.67. The minimum Gasteiger partial charge on any atom is -0.508 e. The molecule has 0 radical (unpaired) electrons. The highest BCUT2D eigenvalue weighted by molar-refractivity contribution is 7.89. The van der Waals surface area contributed by atoms with E-state index in [0.717, 1.165) is 26.5 Å². The van der Waals surface area contributed by atoms with Crippen molar-refractivity contribution in [3.63, 3.8) is 0 Å². The fourth-order valence-electron chi connectivity index (χ4n) is 3.43. The minimum atomic E-state index is -3.60. The van der Waals surface area contributed by atoms with Crippen molar-refractivity contribution in [2.45, 2.75) is 18.4 Å². The molecule has 2 aromatic carbocycles. The van der Waals surface area contributed by atoms with Gasteiger partial charge in [-0.1, -0.05) is 12.1 Å². The zero-order valence-electron chi connectivity index (χ0n) is 16.7. The molecule has 3 rings (SSSR count). The zero-order valence-corrected chi connectivity index (χ0v) is 17.5. The van der Waals surface area contributed by atoms with Crippen LogP contribution in [0.3, 0.4) is 0 Å². The Balaban J connectivity index is 2.27. The van der Waals surface area contributed by atoms with E-state index in [2.05, 4.69) is 5.73 Å². The number of phenols is 1. The number of aromatic nitrogens is 1. The summed E-state index contributed by atoms with van der Waals surface area (Å²) in [5.74, 6) is -0.217. The van der Waals surface area contributed by atoms with Crippen LogP contribution in [0.2, 0.25) is 0 Å². The summed E-state index contributed by atoms with van der Waals surface area (Å²) in [7, 11) is -0.638. The van der Waals surface area contributed by atoms with Crippen molar-refractivity contribution in [3.05, 3.63) is 60.1 Å². The van der Waals surface area contributed by atoms with Crippen molar-refractivity contribution in [1.82, 2.24) is 8.87 Å². The first-order valence-corrected chi connectivity index (χ1v) is 10.6. The molecule has 29 heavy (non-hydrogen) atoms. The second-order valence-electron chi connectivity index (χ2n) is 7.00. The lowest BCUT2D eigenvalue weighted by atomic mass is 10.0. The van der Waals surface area contributed by atoms with Crippen molar-refractivity contribution in [3.8, 4) is 16.9 Å². The van der Waals surface area contributed by atoms with Crippen LogP contribution in [0.4, 0.5) is 4.39 Å². The van der Waals surface area contributed by atoms with Gasteiger partial charge in [0.15, 0.2) is 0 Å². The molecule has 4 N–H and O–H groups in total.